The normalized spacial score (nSPS) is 11.2. The molecular weight excluding hydrogens is 210 g/mol. The molecule has 0 saturated carbocycles. The highest BCUT2D eigenvalue weighted by Gasteiger charge is 2.06. The highest BCUT2D eigenvalue weighted by atomic mass is 32.1. The summed E-state index contributed by atoms with van der Waals surface area (Å²) in [4.78, 5) is 9.54. The maximum atomic E-state index is 8.96. The highest BCUT2D eigenvalue weighted by Crippen LogP contribution is 2.24. The van der Waals surface area contributed by atoms with E-state index in [1.54, 1.807) is 6.07 Å². The van der Waals surface area contributed by atoms with E-state index in [1.807, 2.05) is 6.07 Å². The average molecular weight is 223 g/mol. The molecule has 0 spiro atoms. The van der Waals surface area contributed by atoms with E-state index in [2.05, 4.69) is 29.1 Å². The van der Waals surface area contributed by atoms with Gasteiger partial charge in [0.15, 0.2) is 5.13 Å². The van der Waals surface area contributed by atoms with Gasteiger partial charge in [-0.25, -0.2) is 9.97 Å². The van der Waals surface area contributed by atoms with E-state index in [1.165, 1.54) is 11.3 Å². The fourth-order valence-corrected chi connectivity index (χ4v) is 2.26. The van der Waals surface area contributed by atoms with Gasteiger partial charge in [-0.3, -0.25) is 0 Å². The van der Waals surface area contributed by atoms with Crippen molar-refractivity contribution in [3.8, 4) is 0 Å². The van der Waals surface area contributed by atoms with Gasteiger partial charge >= 0.3 is 0 Å². The molecule has 0 aromatic carbocycles. The lowest BCUT2D eigenvalue weighted by atomic mass is 10.3. The number of anilines is 1. The summed E-state index contributed by atoms with van der Waals surface area (Å²) >= 11 is 1.51. The molecule has 0 aliphatic rings. The molecule has 0 fully saturated rings. The summed E-state index contributed by atoms with van der Waals surface area (Å²) in [7, 11) is 0. The number of rotatable bonds is 3. The zero-order chi connectivity index (χ0) is 10.8. The summed E-state index contributed by atoms with van der Waals surface area (Å²) in [5.41, 5.74) is 1.56. The van der Waals surface area contributed by atoms with Gasteiger partial charge in [0.2, 0.25) is 0 Å². The van der Waals surface area contributed by atoms with Gasteiger partial charge in [-0.05, 0) is 26.0 Å². The van der Waals surface area contributed by atoms with Gasteiger partial charge in [0, 0.05) is 6.04 Å². The van der Waals surface area contributed by atoms with Crippen LogP contribution in [0.5, 0.6) is 0 Å². The zero-order valence-electron chi connectivity index (χ0n) is 8.69. The zero-order valence-corrected chi connectivity index (χ0v) is 9.51. The summed E-state index contributed by atoms with van der Waals surface area (Å²) in [6.45, 7) is 4.11. The minimum atomic E-state index is -0.0270. The Morgan fingerprint density at radius 2 is 2.20 bits per heavy atom. The Kier molecular flexibility index (Phi) is 2.83. The number of hydrogen-bond acceptors (Lipinski definition) is 5. The van der Waals surface area contributed by atoms with E-state index in [0.29, 0.717) is 11.7 Å². The molecular formula is C10H13N3OS. The first kappa shape index (κ1) is 10.3. The van der Waals surface area contributed by atoms with Crippen molar-refractivity contribution in [1.29, 1.82) is 0 Å². The molecule has 0 bridgehead atoms. The molecule has 0 unspecified atom stereocenters. The topological polar surface area (TPSA) is 58.0 Å². The van der Waals surface area contributed by atoms with E-state index in [9.17, 15) is 0 Å². The van der Waals surface area contributed by atoms with Gasteiger partial charge in [0.1, 0.15) is 10.3 Å². The SMILES string of the molecule is CC(C)Nc1nc2ccc(CO)nc2s1. The van der Waals surface area contributed by atoms with E-state index in [4.69, 9.17) is 5.11 Å². The standard InChI is InChI=1S/C10H13N3OS/c1-6(2)11-10-13-8-4-3-7(5-14)12-9(8)15-10/h3-4,6,14H,5H2,1-2H3,(H,11,13). The molecule has 0 atom stereocenters. The van der Waals surface area contributed by atoms with Gasteiger partial charge in [-0.2, -0.15) is 0 Å². The minimum absolute atomic E-state index is 0.0270. The van der Waals surface area contributed by atoms with Crippen molar-refractivity contribution in [3.63, 3.8) is 0 Å². The van der Waals surface area contributed by atoms with Crippen LogP contribution in [0, 0.1) is 0 Å². The Balaban J connectivity index is 2.37. The van der Waals surface area contributed by atoms with Crippen molar-refractivity contribution in [1.82, 2.24) is 9.97 Å². The number of aliphatic hydroxyl groups excluding tert-OH is 1. The Hall–Kier alpha value is -1.20. The predicted octanol–water partition coefficient (Wildman–Crippen LogP) is 2.00. The fourth-order valence-electron chi connectivity index (χ4n) is 1.25. The number of hydrogen-bond donors (Lipinski definition) is 2. The van der Waals surface area contributed by atoms with Crippen molar-refractivity contribution in [2.45, 2.75) is 26.5 Å². The van der Waals surface area contributed by atoms with Crippen LogP contribution in [0.1, 0.15) is 19.5 Å². The summed E-state index contributed by atoms with van der Waals surface area (Å²) in [6, 6.07) is 4.04. The van der Waals surface area contributed by atoms with Crippen LogP contribution in [0.25, 0.3) is 10.3 Å². The average Bonchev–Trinajstić information content (AvgIpc) is 2.57. The lowest BCUT2D eigenvalue weighted by Gasteiger charge is -2.03. The van der Waals surface area contributed by atoms with Gasteiger partial charge < -0.3 is 10.4 Å². The second-order valence-electron chi connectivity index (χ2n) is 3.60. The largest absolute Gasteiger partial charge is 0.390 e. The van der Waals surface area contributed by atoms with Crippen LogP contribution in [0.2, 0.25) is 0 Å². The van der Waals surface area contributed by atoms with Crippen molar-refractivity contribution in [3.05, 3.63) is 17.8 Å². The van der Waals surface area contributed by atoms with Crippen LogP contribution in [0.15, 0.2) is 12.1 Å². The third-order valence-electron chi connectivity index (χ3n) is 1.89. The lowest BCUT2D eigenvalue weighted by molar-refractivity contribution is 0.277. The highest BCUT2D eigenvalue weighted by molar-refractivity contribution is 7.21. The summed E-state index contributed by atoms with van der Waals surface area (Å²) in [5, 5.41) is 13.1. The van der Waals surface area contributed by atoms with Gasteiger partial charge in [0.05, 0.1) is 12.3 Å². The van der Waals surface area contributed by atoms with Crippen LogP contribution in [0.3, 0.4) is 0 Å². The molecule has 80 valence electrons. The number of thiazole rings is 1. The Labute approximate surface area is 92.0 Å². The smallest absolute Gasteiger partial charge is 0.185 e. The quantitative estimate of drug-likeness (QED) is 0.835. The molecule has 5 heteroatoms. The summed E-state index contributed by atoms with van der Waals surface area (Å²) < 4.78 is 0. The van der Waals surface area contributed by atoms with Gasteiger partial charge in [-0.1, -0.05) is 11.3 Å². The van der Waals surface area contributed by atoms with Crippen LogP contribution < -0.4 is 5.32 Å². The Bertz CT molecular complexity index is 467. The van der Waals surface area contributed by atoms with Crippen LogP contribution in [-0.2, 0) is 6.61 Å². The number of nitrogens with one attached hydrogen (secondary N) is 1. The molecule has 4 nitrogen and oxygen atoms in total. The van der Waals surface area contributed by atoms with Crippen molar-refractivity contribution in [2.24, 2.45) is 0 Å². The molecule has 0 saturated heterocycles. The molecule has 2 rings (SSSR count). The van der Waals surface area contributed by atoms with E-state index in [0.717, 1.165) is 15.5 Å². The number of fused-ring (bicyclic) bond motifs is 1. The molecule has 2 heterocycles. The van der Waals surface area contributed by atoms with Crippen LogP contribution >= 0.6 is 11.3 Å². The minimum Gasteiger partial charge on any atom is -0.390 e. The van der Waals surface area contributed by atoms with Gasteiger partial charge in [0.25, 0.3) is 0 Å². The van der Waals surface area contributed by atoms with Crippen LogP contribution in [-0.4, -0.2) is 21.1 Å². The second-order valence-corrected chi connectivity index (χ2v) is 4.58. The first-order chi connectivity index (χ1) is 7.19. The number of aliphatic hydroxyl groups is 1. The monoisotopic (exact) mass is 223 g/mol. The third-order valence-corrected chi connectivity index (χ3v) is 2.78. The maximum absolute atomic E-state index is 8.96. The first-order valence-corrected chi connectivity index (χ1v) is 5.64. The van der Waals surface area contributed by atoms with E-state index < -0.39 is 0 Å². The number of pyridine rings is 1. The molecule has 15 heavy (non-hydrogen) atoms. The first-order valence-electron chi connectivity index (χ1n) is 4.83. The third kappa shape index (κ3) is 2.24. The van der Waals surface area contributed by atoms with Gasteiger partial charge in [-0.15, -0.1) is 0 Å². The Morgan fingerprint density at radius 1 is 1.40 bits per heavy atom. The van der Waals surface area contributed by atoms with E-state index in [-0.39, 0.29) is 6.61 Å². The van der Waals surface area contributed by atoms with Crippen molar-refractivity contribution >= 4 is 26.8 Å². The Morgan fingerprint density at radius 3 is 2.87 bits per heavy atom. The molecule has 2 N–H and O–H groups in total. The van der Waals surface area contributed by atoms with Crippen molar-refractivity contribution < 1.29 is 5.11 Å². The lowest BCUT2D eigenvalue weighted by Crippen LogP contribution is -2.08. The summed E-state index contributed by atoms with van der Waals surface area (Å²) in [5.74, 6) is 0. The van der Waals surface area contributed by atoms with Crippen molar-refractivity contribution in [2.75, 3.05) is 5.32 Å². The summed E-state index contributed by atoms with van der Waals surface area (Å²) in [6.07, 6.45) is 0. The fraction of sp³-hybridized carbons (Fsp3) is 0.400. The predicted molar refractivity (Wildman–Crippen MR) is 62.1 cm³/mol. The number of aromatic nitrogens is 2. The molecule has 0 aliphatic carbocycles. The maximum Gasteiger partial charge on any atom is 0.185 e. The van der Waals surface area contributed by atoms with Crippen LogP contribution in [0.4, 0.5) is 5.13 Å². The second kappa shape index (κ2) is 4.12. The molecule has 0 amide bonds. The molecule has 0 aliphatic heterocycles. The molecule has 2 aromatic rings. The van der Waals surface area contributed by atoms with E-state index >= 15 is 0 Å². The number of nitrogens with zero attached hydrogens (tertiary/aromatic N) is 2. The molecule has 0 radical (unpaired) electrons. The molecule has 2 aromatic heterocycles.